The van der Waals surface area contributed by atoms with Crippen LogP contribution in [0, 0.1) is 0 Å². The van der Waals surface area contributed by atoms with Crippen molar-refractivity contribution in [1.29, 1.82) is 0 Å². The van der Waals surface area contributed by atoms with E-state index in [-0.39, 0.29) is 0 Å². The lowest BCUT2D eigenvalue weighted by Gasteiger charge is -2.13. The standard InChI is InChI=1S/C31H19NS/c1-2-6-20(7-3-1)21-10-13-26-27-14-11-22(23-12-15-30-31(18-23)33-19-32-30)17-29(27)25-9-5-4-8-24(25)28(26)16-21/h1-19H. The second kappa shape index (κ2) is 7.26. The van der Waals surface area contributed by atoms with Crippen molar-refractivity contribution in [3.05, 3.63) is 115 Å². The molecule has 1 nitrogen and oxygen atoms in total. The molecule has 2 heteroatoms. The molecule has 1 aromatic heterocycles. The van der Waals surface area contributed by atoms with E-state index >= 15 is 0 Å². The molecule has 6 aromatic carbocycles. The molecule has 0 spiro atoms. The molecule has 33 heavy (non-hydrogen) atoms. The van der Waals surface area contributed by atoms with E-state index in [1.165, 1.54) is 59.3 Å². The van der Waals surface area contributed by atoms with Gasteiger partial charge in [-0.3, -0.25) is 0 Å². The van der Waals surface area contributed by atoms with E-state index in [2.05, 4.69) is 114 Å². The third-order valence-electron chi connectivity index (χ3n) is 6.61. The van der Waals surface area contributed by atoms with Gasteiger partial charge in [0.25, 0.3) is 0 Å². The summed E-state index contributed by atoms with van der Waals surface area (Å²) < 4.78 is 1.23. The Morgan fingerprint density at radius 2 is 0.970 bits per heavy atom. The smallest absolute Gasteiger partial charge is 0.0812 e. The van der Waals surface area contributed by atoms with Gasteiger partial charge in [-0.05, 0) is 78.8 Å². The van der Waals surface area contributed by atoms with Gasteiger partial charge in [0.2, 0.25) is 0 Å². The zero-order chi connectivity index (χ0) is 21.8. The third-order valence-corrected chi connectivity index (χ3v) is 7.40. The van der Waals surface area contributed by atoms with Gasteiger partial charge in [0, 0.05) is 0 Å². The Morgan fingerprint density at radius 1 is 0.424 bits per heavy atom. The number of hydrogen-bond acceptors (Lipinski definition) is 2. The molecule has 0 atom stereocenters. The summed E-state index contributed by atoms with van der Waals surface area (Å²) in [6.45, 7) is 0. The number of aromatic nitrogens is 1. The molecule has 0 N–H and O–H groups in total. The Balaban J connectivity index is 1.51. The van der Waals surface area contributed by atoms with Crippen LogP contribution in [0.5, 0.6) is 0 Å². The summed E-state index contributed by atoms with van der Waals surface area (Å²) in [6, 6.07) is 39.7. The summed E-state index contributed by atoms with van der Waals surface area (Å²) in [7, 11) is 0. The van der Waals surface area contributed by atoms with E-state index in [9.17, 15) is 0 Å². The van der Waals surface area contributed by atoms with Crippen molar-refractivity contribution in [3.63, 3.8) is 0 Å². The van der Waals surface area contributed by atoms with Crippen LogP contribution >= 0.6 is 11.3 Å². The largest absolute Gasteiger partial charge is 0.245 e. The van der Waals surface area contributed by atoms with Gasteiger partial charge in [0.1, 0.15) is 0 Å². The molecule has 0 aliphatic carbocycles. The van der Waals surface area contributed by atoms with Crippen LogP contribution in [0.3, 0.4) is 0 Å². The van der Waals surface area contributed by atoms with Crippen molar-refractivity contribution in [2.75, 3.05) is 0 Å². The molecular weight excluding hydrogens is 418 g/mol. The SMILES string of the molecule is c1ccc(-c2ccc3c4ccc(-c5ccc6ncsc6c5)cc4c4ccccc4c3c2)cc1. The van der Waals surface area contributed by atoms with Crippen LogP contribution in [-0.4, -0.2) is 4.98 Å². The molecule has 0 aliphatic rings. The highest BCUT2D eigenvalue weighted by atomic mass is 32.1. The summed E-state index contributed by atoms with van der Waals surface area (Å²) in [4.78, 5) is 4.43. The highest BCUT2D eigenvalue weighted by Crippen LogP contribution is 2.39. The van der Waals surface area contributed by atoms with Crippen LogP contribution in [0.25, 0.3) is 64.8 Å². The fourth-order valence-electron chi connectivity index (χ4n) is 4.98. The average Bonchev–Trinajstić information content (AvgIpc) is 3.37. The Kier molecular flexibility index (Phi) is 4.08. The summed E-state index contributed by atoms with van der Waals surface area (Å²) in [6.07, 6.45) is 0. The topological polar surface area (TPSA) is 12.9 Å². The van der Waals surface area contributed by atoms with E-state index in [1.807, 2.05) is 5.51 Å². The molecule has 7 aromatic rings. The first-order chi connectivity index (χ1) is 16.3. The lowest BCUT2D eigenvalue weighted by atomic mass is 9.90. The molecule has 0 saturated carbocycles. The van der Waals surface area contributed by atoms with Crippen molar-refractivity contribution in [2.24, 2.45) is 0 Å². The highest BCUT2D eigenvalue weighted by Gasteiger charge is 2.11. The summed E-state index contributed by atoms with van der Waals surface area (Å²) in [5.41, 5.74) is 7.95. The quantitative estimate of drug-likeness (QED) is 0.246. The zero-order valence-electron chi connectivity index (χ0n) is 17.8. The molecule has 0 aliphatic heterocycles. The van der Waals surface area contributed by atoms with Crippen molar-refractivity contribution in [2.45, 2.75) is 0 Å². The molecule has 0 saturated heterocycles. The van der Waals surface area contributed by atoms with Gasteiger partial charge in [-0.1, -0.05) is 84.9 Å². The van der Waals surface area contributed by atoms with E-state index in [0.717, 1.165) is 5.52 Å². The summed E-state index contributed by atoms with van der Waals surface area (Å²) in [5.74, 6) is 0. The van der Waals surface area contributed by atoms with Crippen molar-refractivity contribution in [3.8, 4) is 22.3 Å². The van der Waals surface area contributed by atoms with E-state index in [0.29, 0.717) is 0 Å². The van der Waals surface area contributed by atoms with E-state index in [1.54, 1.807) is 11.3 Å². The van der Waals surface area contributed by atoms with Gasteiger partial charge in [0.15, 0.2) is 0 Å². The monoisotopic (exact) mass is 437 g/mol. The van der Waals surface area contributed by atoms with Crippen LogP contribution in [0.2, 0.25) is 0 Å². The van der Waals surface area contributed by atoms with Crippen molar-refractivity contribution < 1.29 is 0 Å². The highest BCUT2D eigenvalue weighted by molar-refractivity contribution is 7.16. The Hall–Kier alpha value is -4.01. The maximum Gasteiger partial charge on any atom is 0.0812 e. The molecule has 0 amide bonds. The maximum atomic E-state index is 4.43. The first-order valence-corrected chi connectivity index (χ1v) is 12.0. The number of rotatable bonds is 2. The van der Waals surface area contributed by atoms with Gasteiger partial charge in [-0.2, -0.15) is 0 Å². The van der Waals surface area contributed by atoms with Gasteiger partial charge in [-0.15, -0.1) is 11.3 Å². The number of hydrogen-bond donors (Lipinski definition) is 0. The second-order valence-corrected chi connectivity index (χ2v) is 9.35. The zero-order valence-corrected chi connectivity index (χ0v) is 18.6. The number of thiazole rings is 1. The van der Waals surface area contributed by atoms with Crippen LogP contribution in [0.15, 0.2) is 115 Å². The van der Waals surface area contributed by atoms with Crippen LogP contribution in [0.4, 0.5) is 0 Å². The minimum absolute atomic E-state index is 1.07. The van der Waals surface area contributed by atoms with Crippen molar-refractivity contribution in [1.82, 2.24) is 4.98 Å². The van der Waals surface area contributed by atoms with E-state index in [4.69, 9.17) is 0 Å². The number of benzene rings is 6. The molecular formula is C31H19NS. The maximum absolute atomic E-state index is 4.43. The van der Waals surface area contributed by atoms with Gasteiger partial charge < -0.3 is 0 Å². The number of fused-ring (bicyclic) bond motifs is 7. The van der Waals surface area contributed by atoms with E-state index < -0.39 is 0 Å². The molecule has 0 unspecified atom stereocenters. The first kappa shape index (κ1) is 18.6. The minimum Gasteiger partial charge on any atom is -0.245 e. The van der Waals surface area contributed by atoms with Gasteiger partial charge >= 0.3 is 0 Å². The second-order valence-electron chi connectivity index (χ2n) is 8.47. The summed E-state index contributed by atoms with van der Waals surface area (Å²) >= 11 is 1.69. The fourth-order valence-corrected chi connectivity index (χ4v) is 5.70. The Labute approximate surface area is 195 Å². The van der Waals surface area contributed by atoms with Crippen LogP contribution in [0.1, 0.15) is 0 Å². The predicted octanol–water partition coefficient (Wildman–Crippen LogP) is 9.09. The average molecular weight is 438 g/mol. The number of nitrogens with zero attached hydrogens (tertiary/aromatic N) is 1. The van der Waals surface area contributed by atoms with Gasteiger partial charge in [-0.25, -0.2) is 4.98 Å². The molecule has 7 rings (SSSR count). The predicted molar refractivity (Wildman–Crippen MR) is 143 cm³/mol. The van der Waals surface area contributed by atoms with Crippen LogP contribution in [-0.2, 0) is 0 Å². The molecule has 154 valence electrons. The van der Waals surface area contributed by atoms with Gasteiger partial charge in [0.05, 0.1) is 15.7 Å². The lowest BCUT2D eigenvalue weighted by molar-refractivity contribution is 1.50. The molecule has 0 fully saturated rings. The summed E-state index contributed by atoms with van der Waals surface area (Å²) in [5, 5.41) is 7.79. The third kappa shape index (κ3) is 2.95. The molecule has 0 bridgehead atoms. The molecule has 1 heterocycles. The first-order valence-electron chi connectivity index (χ1n) is 11.1. The molecule has 0 radical (unpaired) electrons. The normalized spacial score (nSPS) is 11.6. The van der Waals surface area contributed by atoms with Crippen LogP contribution < -0.4 is 0 Å². The minimum atomic E-state index is 1.07. The Bertz CT molecular complexity index is 1790. The Morgan fingerprint density at radius 3 is 1.67 bits per heavy atom. The fraction of sp³-hybridized carbons (Fsp3) is 0. The lowest BCUT2D eigenvalue weighted by Crippen LogP contribution is -1.86. The van der Waals surface area contributed by atoms with Crippen molar-refractivity contribution >= 4 is 53.9 Å².